The predicted octanol–water partition coefficient (Wildman–Crippen LogP) is 2.36. The second kappa shape index (κ2) is 12.0. The third-order valence-corrected chi connectivity index (χ3v) is 2.97. The Hall–Kier alpha value is -1.10. The molecule has 0 rings (SSSR count). The van der Waals surface area contributed by atoms with Gasteiger partial charge < -0.3 is 14.9 Å². The van der Waals surface area contributed by atoms with Crippen molar-refractivity contribution in [2.75, 3.05) is 13.2 Å². The van der Waals surface area contributed by atoms with Crippen LogP contribution in [0.5, 0.6) is 0 Å². The lowest BCUT2D eigenvalue weighted by molar-refractivity contribution is -0.154. The van der Waals surface area contributed by atoms with Crippen molar-refractivity contribution < 1.29 is 24.5 Å². The molecule has 5 nitrogen and oxygen atoms in total. The molecule has 0 aromatic heterocycles. The van der Waals surface area contributed by atoms with Crippen molar-refractivity contribution >= 4 is 11.9 Å². The third-order valence-electron chi connectivity index (χ3n) is 2.97. The van der Waals surface area contributed by atoms with Gasteiger partial charge in [-0.25, -0.2) is 0 Å². The maximum Gasteiger partial charge on any atom is 0.311 e. The summed E-state index contributed by atoms with van der Waals surface area (Å²) < 4.78 is 4.96. The number of carbonyl (C=O) groups excluding carboxylic acids is 1. The molecule has 112 valence electrons. The third kappa shape index (κ3) is 10.5. The molecular weight excluding hydrogens is 248 g/mol. The molecule has 0 spiro atoms. The molecule has 5 heteroatoms. The fraction of sp³-hybridized carbons (Fsp3) is 0.857. The van der Waals surface area contributed by atoms with Gasteiger partial charge in [-0.1, -0.05) is 45.4 Å². The lowest BCUT2D eigenvalue weighted by Crippen LogP contribution is -2.24. The van der Waals surface area contributed by atoms with Gasteiger partial charge in [0.15, 0.2) is 0 Å². The number of hydrogen-bond donors (Lipinski definition) is 2. The highest BCUT2D eigenvalue weighted by Crippen LogP contribution is 2.09. The van der Waals surface area contributed by atoms with Gasteiger partial charge in [0.1, 0.15) is 0 Å². The summed E-state index contributed by atoms with van der Waals surface area (Å²) in [4.78, 5) is 21.9. The molecule has 1 atom stereocenters. The minimum absolute atomic E-state index is 0.308. The maximum absolute atomic E-state index is 11.4. The number of carboxylic acid groups (broad SMARTS) is 1. The van der Waals surface area contributed by atoms with Crippen molar-refractivity contribution in [2.24, 2.45) is 5.92 Å². The predicted molar refractivity (Wildman–Crippen MR) is 71.8 cm³/mol. The zero-order valence-electron chi connectivity index (χ0n) is 11.8. The van der Waals surface area contributed by atoms with E-state index in [0.717, 1.165) is 19.3 Å². The SMILES string of the molecule is CCCCCCCCCOC(=O)C(CO)CC(=O)O. The Labute approximate surface area is 115 Å². The number of ether oxygens (including phenoxy) is 1. The van der Waals surface area contributed by atoms with Crippen LogP contribution in [0.3, 0.4) is 0 Å². The molecule has 0 radical (unpaired) electrons. The highest BCUT2D eigenvalue weighted by Gasteiger charge is 2.22. The van der Waals surface area contributed by atoms with Gasteiger partial charge in [-0.3, -0.25) is 9.59 Å². The molecule has 0 saturated heterocycles. The summed E-state index contributed by atoms with van der Waals surface area (Å²) in [5.74, 6) is -2.66. The van der Waals surface area contributed by atoms with Crippen LogP contribution < -0.4 is 0 Å². The van der Waals surface area contributed by atoms with Crippen LogP contribution in [-0.4, -0.2) is 35.4 Å². The van der Waals surface area contributed by atoms with E-state index in [1.54, 1.807) is 0 Å². The molecule has 0 heterocycles. The summed E-state index contributed by atoms with van der Waals surface area (Å²) >= 11 is 0. The van der Waals surface area contributed by atoms with Gasteiger partial charge >= 0.3 is 11.9 Å². The number of carboxylic acids is 1. The summed E-state index contributed by atoms with van der Waals surface area (Å²) in [5, 5.41) is 17.5. The number of aliphatic hydroxyl groups excluding tert-OH is 1. The van der Waals surface area contributed by atoms with Crippen LogP contribution in [0.1, 0.15) is 58.3 Å². The molecule has 0 amide bonds. The van der Waals surface area contributed by atoms with Gasteiger partial charge in [-0.2, -0.15) is 0 Å². The zero-order chi connectivity index (χ0) is 14.5. The first-order valence-corrected chi connectivity index (χ1v) is 7.11. The lowest BCUT2D eigenvalue weighted by atomic mass is 10.1. The van der Waals surface area contributed by atoms with Crippen LogP contribution >= 0.6 is 0 Å². The standard InChI is InChI=1S/C14H26O5/c1-2-3-4-5-6-7-8-9-19-14(18)12(11-15)10-13(16)17/h12,15H,2-11H2,1H3,(H,16,17). The first kappa shape index (κ1) is 17.9. The second-order valence-corrected chi connectivity index (χ2v) is 4.77. The molecule has 0 aliphatic carbocycles. The maximum atomic E-state index is 11.4. The van der Waals surface area contributed by atoms with Gasteiger partial charge in [-0.15, -0.1) is 0 Å². The molecule has 0 aromatic carbocycles. The zero-order valence-corrected chi connectivity index (χ0v) is 11.8. The molecule has 0 aliphatic rings. The minimum Gasteiger partial charge on any atom is -0.481 e. The van der Waals surface area contributed by atoms with Crippen LogP contribution in [-0.2, 0) is 14.3 Å². The molecule has 1 unspecified atom stereocenters. The molecule has 0 fully saturated rings. The number of aliphatic hydroxyl groups is 1. The number of esters is 1. The van der Waals surface area contributed by atoms with Gasteiger partial charge in [0.25, 0.3) is 0 Å². The van der Waals surface area contributed by atoms with Crippen molar-refractivity contribution in [3.05, 3.63) is 0 Å². The van der Waals surface area contributed by atoms with E-state index < -0.39 is 24.5 Å². The van der Waals surface area contributed by atoms with E-state index in [2.05, 4.69) is 6.92 Å². The van der Waals surface area contributed by atoms with Gasteiger partial charge in [0, 0.05) is 0 Å². The number of unbranched alkanes of at least 4 members (excludes halogenated alkanes) is 6. The topological polar surface area (TPSA) is 83.8 Å². The van der Waals surface area contributed by atoms with Crippen LogP contribution in [0.2, 0.25) is 0 Å². The first-order valence-electron chi connectivity index (χ1n) is 7.11. The fourth-order valence-corrected chi connectivity index (χ4v) is 1.78. The van der Waals surface area contributed by atoms with Crippen molar-refractivity contribution in [3.8, 4) is 0 Å². The van der Waals surface area contributed by atoms with Crippen molar-refractivity contribution in [1.82, 2.24) is 0 Å². The number of aliphatic carboxylic acids is 1. The highest BCUT2D eigenvalue weighted by atomic mass is 16.5. The lowest BCUT2D eigenvalue weighted by Gasteiger charge is -2.11. The quantitative estimate of drug-likeness (QED) is 0.421. The van der Waals surface area contributed by atoms with Crippen LogP contribution in [0.4, 0.5) is 0 Å². The summed E-state index contributed by atoms with van der Waals surface area (Å²) in [6.45, 7) is 2.00. The molecular formula is C14H26O5. The van der Waals surface area contributed by atoms with Crippen molar-refractivity contribution in [3.63, 3.8) is 0 Å². The van der Waals surface area contributed by atoms with Crippen LogP contribution in [0.25, 0.3) is 0 Å². The summed E-state index contributed by atoms with van der Waals surface area (Å²) in [7, 11) is 0. The van der Waals surface area contributed by atoms with E-state index in [0.29, 0.717) is 6.61 Å². The molecule has 0 bridgehead atoms. The second-order valence-electron chi connectivity index (χ2n) is 4.77. The summed E-state index contributed by atoms with van der Waals surface area (Å²) in [6, 6.07) is 0. The minimum atomic E-state index is -1.10. The van der Waals surface area contributed by atoms with E-state index in [-0.39, 0.29) is 6.42 Å². The largest absolute Gasteiger partial charge is 0.481 e. The monoisotopic (exact) mass is 274 g/mol. The fourth-order valence-electron chi connectivity index (χ4n) is 1.78. The van der Waals surface area contributed by atoms with E-state index in [4.69, 9.17) is 14.9 Å². The Morgan fingerprint density at radius 2 is 1.63 bits per heavy atom. The Morgan fingerprint density at radius 1 is 1.05 bits per heavy atom. The van der Waals surface area contributed by atoms with Gasteiger partial charge in [-0.05, 0) is 6.42 Å². The average molecular weight is 274 g/mol. The Morgan fingerprint density at radius 3 is 2.16 bits per heavy atom. The molecule has 0 aliphatic heterocycles. The van der Waals surface area contributed by atoms with Crippen molar-refractivity contribution in [2.45, 2.75) is 58.3 Å². The molecule has 0 saturated carbocycles. The van der Waals surface area contributed by atoms with E-state index in [1.807, 2.05) is 0 Å². The average Bonchev–Trinajstić information content (AvgIpc) is 2.38. The number of rotatable bonds is 12. The highest BCUT2D eigenvalue weighted by molar-refractivity contribution is 5.79. The molecule has 0 aromatic rings. The Bertz CT molecular complexity index is 252. The Kier molecular flexibility index (Phi) is 11.3. The van der Waals surface area contributed by atoms with Crippen molar-refractivity contribution in [1.29, 1.82) is 0 Å². The number of carbonyl (C=O) groups is 2. The Balaban J connectivity index is 3.53. The van der Waals surface area contributed by atoms with E-state index in [1.165, 1.54) is 25.7 Å². The van der Waals surface area contributed by atoms with Gasteiger partial charge in [0.2, 0.25) is 0 Å². The first-order chi connectivity index (χ1) is 9.11. The normalized spacial score (nSPS) is 12.1. The van der Waals surface area contributed by atoms with E-state index in [9.17, 15) is 9.59 Å². The van der Waals surface area contributed by atoms with Crippen LogP contribution in [0, 0.1) is 5.92 Å². The smallest absolute Gasteiger partial charge is 0.311 e. The summed E-state index contributed by atoms with van der Waals surface area (Å²) in [5.41, 5.74) is 0. The van der Waals surface area contributed by atoms with E-state index >= 15 is 0 Å². The molecule has 2 N–H and O–H groups in total. The van der Waals surface area contributed by atoms with Gasteiger partial charge in [0.05, 0.1) is 25.6 Å². The number of hydrogen-bond acceptors (Lipinski definition) is 4. The van der Waals surface area contributed by atoms with Crippen LogP contribution in [0.15, 0.2) is 0 Å². The molecule has 19 heavy (non-hydrogen) atoms. The summed E-state index contributed by atoms with van der Waals surface area (Å²) in [6.07, 6.45) is 7.51.